The lowest BCUT2D eigenvalue weighted by atomic mass is 10.4. The first-order chi connectivity index (χ1) is 8.38. The first-order valence-electron chi connectivity index (χ1n) is 5.23. The van der Waals surface area contributed by atoms with Gasteiger partial charge in [-0.05, 0) is 26.8 Å². The van der Waals surface area contributed by atoms with E-state index in [9.17, 15) is 8.42 Å². The van der Waals surface area contributed by atoms with Crippen LogP contribution in [0.3, 0.4) is 0 Å². The van der Waals surface area contributed by atoms with Crippen molar-refractivity contribution in [2.75, 3.05) is 4.72 Å². The fraction of sp³-hybridized carbons (Fsp3) is 0.300. The van der Waals surface area contributed by atoms with Crippen LogP contribution in [0.5, 0.6) is 0 Å². The van der Waals surface area contributed by atoms with Crippen LogP contribution in [-0.4, -0.2) is 28.6 Å². The molecule has 0 aliphatic heterocycles. The molecule has 0 aliphatic rings. The third-order valence-corrected chi connectivity index (χ3v) is 3.72. The molecule has 0 atom stereocenters. The second-order valence-electron chi connectivity index (χ2n) is 3.94. The van der Waals surface area contributed by atoms with Gasteiger partial charge >= 0.3 is 0 Å². The molecule has 2 N–H and O–H groups in total. The van der Waals surface area contributed by atoms with E-state index in [2.05, 4.69) is 24.9 Å². The van der Waals surface area contributed by atoms with Crippen molar-refractivity contribution in [1.82, 2.24) is 20.2 Å². The lowest BCUT2D eigenvalue weighted by Crippen LogP contribution is -2.16. The normalized spacial score (nSPS) is 11.5. The topological polar surface area (TPSA) is 101 Å². The Morgan fingerprint density at radius 3 is 2.28 bits per heavy atom. The summed E-state index contributed by atoms with van der Waals surface area (Å²) in [5.74, 6) is 0.0631. The summed E-state index contributed by atoms with van der Waals surface area (Å²) >= 11 is 0. The number of nitrogens with one attached hydrogen (secondary N) is 2. The summed E-state index contributed by atoms with van der Waals surface area (Å²) in [5.41, 5.74) is 1.86. The third-order valence-electron chi connectivity index (χ3n) is 2.28. The fourth-order valence-corrected chi connectivity index (χ4v) is 2.64. The third kappa shape index (κ3) is 2.48. The molecule has 18 heavy (non-hydrogen) atoms. The van der Waals surface area contributed by atoms with E-state index in [1.807, 2.05) is 0 Å². The van der Waals surface area contributed by atoms with Crippen molar-refractivity contribution in [2.45, 2.75) is 25.7 Å². The molecular weight excluding hydrogens is 254 g/mol. The van der Waals surface area contributed by atoms with Gasteiger partial charge in [0.2, 0.25) is 5.95 Å². The van der Waals surface area contributed by atoms with Crippen LogP contribution < -0.4 is 4.72 Å². The van der Waals surface area contributed by atoms with E-state index >= 15 is 0 Å². The van der Waals surface area contributed by atoms with Crippen LogP contribution in [0.15, 0.2) is 17.2 Å². The number of H-pyrrole nitrogens is 1. The molecule has 0 fully saturated rings. The first kappa shape index (κ1) is 12.5. The maximum atomic E-state index is 12.1. The highest BCUT2D eigenvalue weighted by molar-refractivity contribution is 7.92. The summed E-state index contributed by atoms with van der Waals surface area (Å²) in [5, 5.41) is 6.25. The van der Waals surface area contributed by atoms with E-state index in [0.717, 1.165) is 0 Å². The van der Waals surface area contributed by atoms with E-state index in [1.165, 1.54) is 6.20 Å². The zero-order valence-electron chi connectivity index (χ0n) is 10.2. The quantitative estimate of drug-likeness (QED) is 0.861. The first-order valence-corrected chi connectivity index (χ1v) is 6.72. The van der Waals surface area contributed by atoms with E-state index in [-0.39, 0.29) is 10.8 Å². The molecule has 0 radical (unpaired) electrons. The van der Waals surface area contributed by atoms with Crippen molar-refractivity contribution in [3.05, 3.63) is 29.3 Å². The van der Waals surface area contributed by atoms with Crippen LogP contribution >= 0.6 is 0 Å². The number of hydrogen-bond donors (Lipinski definition) is 2. The molecular formula is C10H13N5O2S. The number of aromatic amines is 1. The van der Waals surface area contributed by atoms with Gasteiger partial charge in [-0.3, -0.25) is 5.10 Å². The molecule has 2 heterocycles. The van der Waals surface area contributed by atoms with Gasteiger partial charge in [0, 0.05) is 11.4 Å². The Labute approximate surface area is 105 Å². The molecule has 2 aromatic heterocycles. The van der Waals surface area contributed by atoms with Crippen LogP contribution in [0.1, 0.15) is 17.1 Å². The lowest BCUT2D eigenvalue weighted by Gasteiger charge is -2.06. The van der Waals surface area contributed by atoms with Crippen molar-refractivity contribution >= 4 is 16.0 Å². The highest BCUT2D eigenvalue weighted by Crippen LogP contribution is 2.15. The van der Waals surface area contributed by atoms with Crippen LogP contribution in [0.2, 0.25) is 0 Å². The summed E-state index contributed by atoms with van der Waals surface area (Å²) in [6.45, 7) is 5.18. The Morgan fingerprint density at radius 2 is 1.78 bits per heavy atom. The minimum absolute atomic E-state index is 0.0631. The fourth-order valence-electron chi connectivity index (χ4n) is 1.56. The van der Waals surface area contributed by atoms with Crippen molar-refractivity contribution in [1.29, 1.82) is 0 Å². The predicted molar refractivity (Wildman–Crippen MR) is 65.6 cm³/mol. The van der Waals surface area contributed by atoms with E-state index in [4.69, 9.17) is 0 Å². The van der Waals surface area contributed by atoms with E-state index < -0.39 is 10.0 Å². The van der Waals surface area contributed by atoms with E-state index in [1.54, 1.807) is 26.8 Å². The molecule has 8 heteroatoms. The number of anilines is 1. The van der Waals surface area contributed by atoms with Gasteiger partial charge in [-0.1, -0.05) is 0 Å². The summed E-state index contributed by atoms with van der Waals surface area (Å²) < 4.78 is 26.4. The molecule has 0 amide bonds. The molecule has 0 aromatic carbocycles. The minimum Gasteiger partial charge on any atom is -0.281 e. The van der Waals surface area contributed by atoms with Gasteiger partial charge in [-0.15, -0.1) is 0 Å². The van der Waals surface area contributed by atoms with Crippen LogP contribution in [0, 0.1) is 20.8 Å². The zero-order valence-corrected chi connectivity index (χ0v) is 11.0. The number of aromatic nitrogens is 4. The van der Waals surface area contributed by atoms with Gasteiger partial charge in [0.05, 0.1) is 11.9 Å². The molecule has 0 unspecified atom stereocenters. The maximum Gasteiger partial charge on any atom is 0.267 e. The van der Waals surface area contributed by atoms with Gasteiger partial charge in [-0.2, -0.15) is 5.10 Å². The van der Waals surface area contributed by atoms with Crippen molar-refractivity contribution < 1.29 is 8.42 Å². The molecule has 0 bridgehead atoms. The van der Waals surface area contributed by atoms with Crippen LogP contribution in [0.4, 0.5) is 5.95 Å². The number of aryl methyl sites for hydroxylation is 3. The zero-order chi connectivity index (χ0) is 13.3. The smallest absolute Gasteiger partial charge is 0.267 e. The highest BCUT2D eigenvalue weighted by atomic mass is 32.2. The summed E-state index contributed by atoms with van der Waals surface area (Å²) in [4.78, 5) is 8.14. The summed E-state index contributed by atoms with van der Waals surface area (Å²) in [7, 11) is -3.70. The molecule has 2 aromatic rings. The predicted octanol–water partition coefficient (Wildman–Crippen LogP) is 0.926. The Morgan fingerprint density at radius 1 is 1.17 bits per heavy atom. The van der Waals surface area contributed by atoms with Crippen LogP contribution in [0.25, 0.3) is 0 Å². The Kier molecular flexibility index (Phi) is 3.04. The van der Waals surface area contributed by atoms with Gasteiger partial charge in [0.25, 0.3) is 10.0 Å². The minimum atomic E-state index is -3.70. The lowest BCUT2D eigenvalue weighted by molar-refractivity contribution is 0.600. The molecule has 0 spiro atoms. The van der Waals surface area contributed by atoms with Gasteiger partial charge in [0.15, 0.2) is 0 Å². The number of rotatable bonds is 3. The van der Waals surface area contributed by atoms with Gasteiger partial charge < -0.3 is 0 Å². The largest absolute Gasteiger partial charge is 0.281 e. The monoisotopic (exact) mass is 267 g/mol. The molecule has 2 rings (SSSR count). The van der Waals surface area contributed by atoms with Crippen molar-refractivity contribution in [3.63, 3.8) is 0 Å². The maximum absolute atomic E-state index is 12.1. The standard InChI is InChI=1S/C10H13N5O2S/c1-6-4-7(2)13-10(12-6)15-18(16,17)9-5-11-14-8(9)3/h4-5H,1-3H3,(H,11,14)(H,12,13,15). The average Bonchev–Trinajstić information content (AvgIpc) is 2.62. The van der Waals surface area contributed by atoms with Crippen LogP contribution in [-0.2, 0) is 10.0 Å². The van der Waals surface area contributed by atoms with Crippen molar-refractivity contribution in [2.24, 2.45) is 0 Å². The SMILES string of the molecule is Cc1cc(C)nc(NS(=O)(=O)c2cn[nH]c2C)n1. The molecule has 96 valence electrons. The number of sulfonamides is 1. The Bertz CT molecular complexity index is 657. The molecule has 7 nitrogen and oxygen atoms in total. The Hall–Kier alpha value is -1.96. The second-order valence-corrected chi connectivity index (χ2v) is 5.59. The van der Waals surface area contributed by atoms with Gasteiger partial charge in [0.1, 0.15) is 4.90 Å². The second kappa shape index (κ2) is 4.37. The van der Waals surface area contributed by atoms with Crippen molar-refractivity contribution in [3.8, 4) is 0 Å². The summed E-state index contributed by atoms with van der Waals surface area (Å²) in [6.07, 6.45) is 1.25. The number of nitrogens with zero attached hydrogens (tertiary/aromatic N) is 3. The average molecular weight is 267 g/mol. The number of hydrogen-bond acceptors (Lipinski definition) is 5. The molecule has 0 aliphatic carbocycles. The molecule has 0 saturated heterocycles. The Balaban J connectivity index is 2.37. The van der Waals surface area contributed by atoms with E-state index in [0.29, 0.717) is 17.1 Å². The molecule has 0 saturated carbocycles. The summed E-state index contributed by atoms with van der Waals surface area (Å²) in [6, 6.07) is 1.76. The van der Waals surface area contributed by atoms with Gasteiger partial charge in [-0.25, -0.2) is 23.1 Å². The highest BCUT2D eigenvalue weighted by Gasteiger charge is 2.19.